The Morgan fingerprint density at radius 2 is 1.84 bits per heavy atom. The predicted octanol–water partition coefficient (Wildman–Crippen LogP) is 4.77. The molecule has 0 spiro atoms. The summed E-state index contributed by atoms with van der Waals surface area (Å²) in [6.07, 6.45) is 0.386. The number of para-hydroxylation sites is 1. The van der Waals surface area contributed by atoms with Crippen molar-refractivity contribution in [3.8, 4) is 0 Å². The third-order valence-electron chi connectivity index (χ3n) is 3.89. The van der Waals surface area contributed by atoms with Crippen molar-refractivity contribution in [1.29, 1.82) is 0 Å². The van der Waals surface area contributed by atoms with E-state index in [9.17, 15) is 4.79 Å². The van der Waals surface area contributed by atoms with Gasteiger partial charge in [0, 0.05) is 29.2 Å². The quantitative estimate of drug-likeness (QED) is 0.669. The number of anilines is 1. The van der Waals surface area contributed by atoms with Crippen molar-refractivity contribution in [2.45, 2.75) is 32.9 Å². The lowest BCUT2D eigenvalue weighted by Gasteiger charge is -2.09. The Hall–Kier alpha value is -2.46. The van der Waals surface area contributed by atoms with Crippen molar-refractivity contribution in [2.75, 3.05) is 5.32 Å². The molecule has 25 heavy (non-hydrogen) atoms. The molecular formula is C20H21ClN2O2. The smallest absolute Gasteiger partial charge is 0.224 e. The number of rotatable bonds is 6. The predicted molar refractivity (Wildman–Crippen MR) is 102 cm³/mol. The first-order valence-corrected chi connectivity index (χ1v) is 8.69. The fourth-order valence-corrected chi connectivity index (χ4v) is 2.97. The van der Waals surface area contributed by atoms with E-state index in [0.29, 0.717) is 18.2 Å². The van der Waals surface area contributed by atoms with E-state index in [-0.39, 0.29) is 11.9 Å². The van der Waals surface area contributed by atoms with Gasteiger partial charge in [0.05, 0.1) is 6.42 Å². The second-order valence-corrected chi connectivity index (χ2v) is 6.64. The summed E-state index contributed by atoms with van der Waals surface area (Å²) < 4.78 is 5.56. The highest BCUT2D eigenvalue weighted by atomic mass is 35.5. The standard InChI is InChI=1S/C20H21ClN2O2/c1-13(2)23-19(24)11-14-7-9-15(10-8-14)22-12-17-16-5-3-4-6-18(16)25-20(17)21/h3-10,13,22H,11-12H2,1-2H3,(H,23,24). The van der Waals surface area contributed by atoms with Crippen LogP contribution in [0.1, 0.15) is 25.0 Å². The van der Waals surface area contributed by atoms with Gasteiger partial charge in [0.25, 0.3) is 0 Å². The number of fused-ring (bicyclic) bond motifs is 1. The molecule has 0 unspecified atom stereocenters. The van der Waals surface area contributed by atoms with E-state index in [2.05, 4.69) is 10.6 Å². The third-order valence-corrected chi connectivity index (χ3v) is 4.19. The van der Waals surface area contributed by atoms with Crippen LogP contribution in [0.15, 0.2) is 52.9 Å². The number of amides is 1. The number of nitrogens with one attached hydrogen (secondary N) is 2. The summed E-state index contributed by atoms with van der Waals surface area (Å²) in [5.74, 6) is 0.0346. The van der Waals surface area contributed by atoms with E-state index in [1.165, 1.54) is 0 Å². The molecule has 3 rings (SSSR count). The Balaban J connectivity index is 1.64. The van der Waals surface area contributed by atoms with Crippen LogP contribution >= 0.6 is 11.6 Å². The number of benzene rings is 2. The number of furan rings is 1. The van der Waals surface area contributed by atoms with Crippen LogP contribution in [-0.2, 0) is 17.8 Å². The number of hydrogen-bond acceptors (Lipinski definition) is 3. The Kier molecular flexibility index (Phi) is 5.29. The molecule has 1 amide bonds. The molecule has 1 aromatic heterocycles. The van der Waals surface area contributed by atoms with Crippen molar-refractivity contribution in [1.82, 2.24) is 5.32 Å². The number of halogens is 1. The second kappa shape index (κ2) is 7.62. The zero-order valence-corrected chi connectivity index (χ0v) is 15.1. The Bertz CT molecular complexity index is 869. The Morgan fingerprint density at radius 3 is 2.56 bits per heavy atom. The van der Waals surface area contributed by atoms with Gasteiger partial charge < -0.3 is 15.1 Å². The molecule has 3 aromatic rings. The molecule has 0 radical (unpaired) electrons. The molecule has 130 valence electrons. The summed E-state index contributed by atoms with van der Waals surface area (Å²) in [5.41, 5.74) is 3.68. The molecule has 2 aromatic carbocycles. The average molecular weight is 357 g/mol. The topological polar surface area (TPSA) is 54.3 Å². The van der Waals surface area contributed by atoms with Crippen LogP contribution in [0.4, 0.5) is 5.69 Å². The van der Waals surface area contributed by atoms with E-state index in [0.717, 1.165) is 27.8 Å². The van der Waals surface area contributed by atoms with Gasteiger partial charge >= 0.3 is 0 Å². The maximum absolute atomic E-state index is 11.8. The summed E-state index contributed by atoms with van der Waals surface area (Å²) in [6, 6.07) is 15.8. The Labute approximate surface area is 152 Å². The third kappa shape index (κ3) is 4.34. The fraction of sp³-hybridized carbons (Fsp3) is 0.250. The molecule has 0 atom stereocenters. The molecular weight excluding hydrogens is 336 g/mol. The summed E-state index contributed by atoms with van der Waals surface area (Å²) in [6.45, 7) is 4.48. The van der Waals surface area contributed by atoms with Gasteiger partial charge in [-0.2, -0.15) is 0 Å². The van der Waals surface area contributed by atoms with E-state index in [1.807, 2.05) is 62.4 Å². The molecule has 0 aliphatic carbocycles. The molecule has 5 heteroatoms. The van der Waals surface area contributed by atoms with Gasteiger partial charge in [0.2, 0.25) is 5.91 Å². The summed E-state index contributed by atoms with van der Waals surface area (Å²) in [5, 5.41) is 7.67. The van der Waals surface area contributed by atoms with E-state index in [4.69, 9.17) is 16.0 Å². The van der Waals surface area contributed by atoms with Crippen LogP contribution in [0.25, 0.3) is 11.0 Å². The van der Waals surface area contributed by atoms with Crippen molar-refractivity contribution in [2.24, 2.45) is 0 Å². The molecule has 0 saturated carbocycles. The molecule has 0 fully saturated rings. The molecule has 0 bridgehead atoms. The lowest BCUT2D eigenvalue weighted by Crippen LogP contribution is -2.31. The maximum atomic E-state index is 11.8. The highest BCUT2D eigenvalue weighted by Gasteiger charge is 2.11. The van der Waals surface area contributed by atoms with Crippen LogP contribution in [0.5, 0.6) is 0 Å². The normalized spacial score (nSPS) is 11.0. The maximum Gasteiger partial charge on any atom is 0.224 e. The minimum absolute atomic E-state index is 0.0346. The summed E-state index contributed by atoms with van der Waals surface area (Å²) in [7, 11) is 0. The van der Waals surface area contributed by atoms with Crippen LogP contribution < -0.4 is 10.6 Å². The molecule has 0 aliphatic heterocycles. The van der Waals surface area contributed by atoms with Gasteiger partial charge in [-0.1, -0.05) is 30.3 Å². The molecule has 1 heterocycles. The Morgan fingerprint density at radius 1 is 1.12 bits per heavy atom. The van der Waals surface area contributed by atoms with Crippen LogP contribution in [0.2, 0.25) is 5.22 Å². The van der Waals surface area contributed by atoms with Gasteiger partial charge in [-0.15, -0.1) is 0 Å². The van der Waals surface area contributed by atoms with Crippen LogP contribution in [-0.4, -0.2) is 11.9 Å². The van der Waals surface area contributed by atoms with Crippen molar-refractivity contribution < 1.29 is 9.21 Å². The van der Waals surface area contributed by atoms with Gasteiger partial charge in [-0.05, 0) is 49.2 Å². The average Bonchev–Trinajstić information content (AvgIpc) is 2.89. The van der Waals surface area contributed by atoms with Crippen LogP contribution in [0, 0.1) is 0 Å². The lowest BCUT2D eigenvalue weighted by atomic mass is 10.1. The van der Waals surface area contributed by atoms with E-state index >= 15 is 0 Å². The van der Waals surface area contributed by atoms with Crippen molar-refractivity contribution >= 4 is 34.2 Å². The lowest BCUT2D eigenvalue weighted by molar-refractivity contribution is -0.120. The first kappa shape index (κ1) is 17.4. The van der Waals surface area contributed by atoms with Crippen molar-refractivity contribution in [3.63, 3.8) is 0 Å². The number of carbonyl (C=O) groups is 1. The molecule has 0 saturated heterocycles. The summed E-state index contributed by atoms with van der Waals surface area (Å²) >= 11 is 6.21. The monoisotopic (exact) mass is 356 g/mol. The first-order valence-electron chi connectivity index (χ1n) is 8.31. The van der Waals surface area contributed by atoms with E-state index in [1.54, 1.807) is 0 Å². The van der Waals surface area contributed by atoms with E-state index < -0.39 is 0 Å². The molecule has 0 aliphatic rings. The van der Waals surface area contributed by atoms with Crippen molar-refractivity contribution in [3.05, 3.63) is 64.9 Å². The van der Waals surface area contributed by atoms with Gasteiger partial charge in [0.1, 0.15) is 5.58 Å². The minimum Gasteiger partial charge on any atom is -0.444 e. The minimum atomic E-state index is 0.0346. The molecule has 4 nitrogen and oxygen atoms in total. The van der Waals surface area contributed by atoms with Gasteiger partial charge in [-0.25, -0.2) is 0 Å². The SMILES string of the molecule is CC(C)NC(=O)Cc1ccc(NCc2c(Cl)oc3ccccc23)cc1. The number of carbonyl (C=O) groups excluding carboxylic acids is 1. The zero-order valence-electron chi connectivity index (χ0n) is 14.3. The number of hydrogen-bond donors (Lipinski definition) is 2. The highest BCUT2D eigenvalue weighted by Crippen LogP contribution is 2.30. The van der Waals surface area contributed by atoms with Crippen LogP contribution in [0.3, 0.4) is 0 Å². The molecule has 2 N–H and O–H groups in total. The highest BCUT2D eigenvalue weighted by molar-refractivity contribution is 6.30. The largest absolute Gasteiger partial charge is 0.444 e. The second-order valence-electron chi connectivity index (χ2n) is 6.30. The zero-order chi connectivity index (χ0) is 17.8. The first-order chi connectivity index (χ1) is 12.0. The van der Waals surface area contributed by atoms with Gasteiger partial charge in [0.15, 0.2) is 5.22 Å². The van der Waals surface area contributed by atoms with Gasteiger partial charge in [-0.3, -0.25) is 4.79 Å². The summed E-state index contributed by atoms with van der Waals surface area (Å²) in [4.78, 5) is 11.8. The fourth-order valence-electron chi connectivity index (χ4n) is 2.72.